The number of benzene rings is 4. The van der Waals surface area contributed by atoms with E-state index in [1.54, 1.807) is 0 Å². The lowest BCUT2D eigenvalue weighted by Crippen LogP contribution is -1.94. The maximum atomic E-state index is 5.01. The van der Waals surface area contributed by atoms with E-state index in [2.05, 4.69) is 124 Å². The molecule has 0 amide bonds. The number of pyridine rings is 1. The Hall–Kier alpha value is -4.63. The van der Waals surface area contributed by atoms with E-state index in [1.807, 2.05) is 12.1 Å². The van der Waals surface area contributed by atoms with Gasteiger partial charge in [0.1, 0.15) is 5.65 Å². The first-order chi connectivity index (χ1) is 16.9. The van der Waals surface area contributed by atoms with E-state index in [0.29, 0.717) is 0 Å². The number of rotatable bonds is 3. The van der Waals surface area contributed by atoms with E-state index >= 15 is 0 Å². The Labute approximate surface area is 197 Å². The molecule has 0 radical (unpaired) electrons. The summed E-state index contributed by atoms with van der Waals surface area (Å²) in [6.45, 7) is 0. The molecule has 0 N–H and O–H groups in total. The average molecular weight is 436 g/mol. The van der Waals surface area contributed by atoms with Gasteiger partial charge in [0, 0.05) is 33.8 Å². The summed E-state index contributed by atoms with van der Waals surface area (Å²) in [5, 5.41) is 2.54. The monoisotopic (exact) mass is 435 g/mol. The molecule has 34 heavy (non-hydrogen) atoms. The summed E-state index contributed by atoms with van der Waals surface area (Å²) in [6, 6.07) is 42.6. The topological polar surface area (TPSA) is 22.2 Å². The third-order valence-electron chi connectivity index (χ3n) is 6.56. The second-order valence-electron chi connectivity index (χ2n) is 8.52. The van der Waals surface area contributed by atoms with Gasteiger partial charge in [-0.15, -0.1) is 0 Å². The van der Waals surface area contributed by atoms with E-state index in [4.69, 9.17) is 4.98 Å². The Bertz CT molecular complexity index is 1740. The van der Waals surface area contributed by atoms with Crippen LogP contribution in [0.15, 0.2) is 128 Å². The van der Waals surface area contributed by atoms with Gasteiger partial charge in [-0.25, -0.2) is 4.98 Å². The first-order valence-corrected chi connectivity index (χ1v) is 11.5. The lowest BCUT2D eigenvalue weighted by atomic mass is 10.0. The molecule has 0 atom stereocenters. The minimum atomic E-state index is 0.947. The highest BCUT2D eigenvalue weighted by atomic mass is 15.0. The maximum Gasteiger partial charge on any atom is 0.137 e. The van der Waals surface area contributed by atoms with Gasteiger partial charge in [0.2, 0.25) is 0 Å². The van der Waals surface area contributed by atoms with Crippen molar-refractivity contribution in [2.24, 2.45) is 0 Å². The van der Waals surface area contributed by atoms with E-state index in [1.165, 1.54) is 21.8 Å². The van der Waals surface area contributed by atoms with Crippen LogP contribution in [0.1, 0.15) is 0 Å². The van der Waals surface area contributed by atoms with Crippen LogP contribution in [-0.2, 0) is 0 Å². The fourth-order valence-corrected chi connectivity index (χ4v) is 5.04. The smallest absolute Gasteiger partial charge is 0.137 e. The largest absolute Gasteiger partial charge is 0.309 e. The second kappa shape index (κ2) is 7.46. The molecular formula is C31H21N3. The number of imidazole rings is 1. The molecule has 0 aliphatic carbocycles. The third-order valence-corrected chi connectivity index (χ3v) is 6.56. The summed E-state index contributed by atoms with van der Waals surface area (Å²) in [5.41, 5.74) is 8.89. The summed E-state index contributed by atoms with van der Waals surface area (Å²) in [4.78, 5) is 5.01. The fourth-order valence-electron chi connectivity index (χ4n) is 5.04. The van der Waals surface area contributed by atoms with Crippen LogP contribution < -0.4 is 0 Å². The standard InChI is InChI=1S/C31H21N3/c1-2-10-23(11-3-1)31-30(32-29-16-8-9-21-33(29)31)22-17-19-24(20-18-22)34-27-14-6-4-12-25(27)26-13-5-7-15-28(26)34/h1-21H. The van der Waals surface area contributed by atoms with Crippen molar-refractivity contribution >= 4 is 27.5 Å². The minimum Gasteiger partial charge on any atom is -0.309 e. The number of nitrogens with zero attached hydrogens (tertiary/aromatic N) is 3. The van der Waals surface area contributed by atoms with Gasteiger partial charge in [-0.1, -0.05) is 84.9 Å². The molecule has 7 rings (SSSR count). The molecule has 7 aromatic rings. The zero-order valence-corrected chi connectivity index (χ0v) is 18.5. The van der Waals surface area contributed by atoms with Crippen molar-refractivity contribution in [3.8, 4) is 28.2 Å². The van der Waals surface area contributed by atoms with Crippen molar-refractivity contribution < 1.29 is 0 Å². The van der Waals surface area contributed by atoms with Gasteiger partial charge < -0.3 is 4.57 Å². The predicted octanol–water partition coefficient (Wildman–Crippen LogP) is 7.77. The van der Waals surface area contributed by atoms with Crippen molar-refractivity contribution in [2.45, 2.75) is 0 Å². The molecule has 0 aliphatic rings. The fraction of sp³-hybridized carbons (Fsp3) is 0. The minimum absolute atomic E-state index is 0.947. The van der Waals surface area contributed by atoms with Crippen molar-refractivity contribution in [3.05, 3.63) is 128 Å². The molecule has 3 heteroatoms. The van der Waals surface area contributed by atoms with E-state index in [-0.39, 0.29) is 0 Å². The van der Waals surface area contributed by atoms with Crippen molar-refractivity contribution in [3.63, 3.8) is 0 Å². The van der Waals surface area contributed by atoms with Crippen LogP contribution in [0.5, 0.6) is 0 Å². The molecule has 0 spiro atoms. The summed E-state index contributed by atoms with van der Waals surface area (Å²) < 4.78 is 4.52. The molecule has 3 heterocycles. The molecule has 0 aliphatic heterocycles. The van der Waals surface area contributed by atoms with Crippen LogP contribution in [0, 0.1) is 0 Å². The van der Waals surface area contributed by atoms with Crippen molar-refractivity contribution in [2.75, 3.05) is 0 Å². The molecule has 0 saturated carbocycles. The highest BCUT2D eigenvalue weighted by molar-refractivity contribution is 6.09. The maximum absolute atomic E-state index is 5.01. The number of para-hydroxylation sites is 2. The Kier molecular flexibility index (Phi) is 4.15. The number of hydrogen-bond acceptors (Lipinski definition) is 1. The second-order valence-corrected chi connectivity index (χ2v) is 8.52. The van der Waals surface area contributed by atoms with Gasteiger partial charge in [-0.05, 0) is 36.4 Å². The van der Waals surface area contributed by atoms with Crippen LogP contribution in [-0.4, -0.2) is 14.0 Å². The lowest BCUT2D eigenvalue weighted by Gasteiger charge is -2.10. The third kappa shape index (κ3) is 2.81. The summed E-state index contributed by atoms with van der Waals surface area (Å²) >= 11 is 0. The van der Waals surface area contributed by atoms with Gasteiger partial charge in [-0.2, -0.15) is 0 Å². The van der Waals surface area contributed by atoms with Gasteiger partial charge in [0.05, 0.1) is 22.4 Å². The van der Waals surface area contributed by atoms with Crippen LogP contribution in [0.4, 0.5) is 0 Å². The van der Waals surface area contributed by atoms with Gasteiger partial charge in [0.15, 0.2) is 0 Å². The number of aromatic nitrogens is 3. The van der Waals surface area contributed by atoms with Gasteiger partial charge in [-0.3, -0.25) is 4.40 Å². The first kappa shape index (κ1) is 18.9. The normalized spacial score (nSPS) is 11.5. The Balaban J connectivity index is 1.42. The summed E-state index contributed by atoms with van der Waals surface area (Å²) in [7, 11) is 0. The van der Waals surface area contributed by atoms with Crippen LogP contribution in [0.25, 0.3) is 55.7 Å². The van der Waals surface area contributed by atoms with Crippen LogP contribution in [0.2, 0.25) is 0 Å². The number of hydrogen-bond donors (Lipinski definition) is 0. The molecular weight excluding hydrogens is 414 g/mol. The zero-order chi connectivity index (χ0) is 22.5. The van der Waals surface area contributed by atoms with Crippen LogP contribution >= 0.6 is 0 Å². The molecule has 4 aromatic carbocycles. The average Bonchev–Trinajstić information content (AvgIpc) is 3.46. The van der Waals surface area contributed by atoms with E-state index < -0.39 is 0 Å². The lowest BCUT2D eigenvalue weighted by molar-refractivity contribution is 1.18. The van der Waals surface area contributed by atoms with Crippen molar-refractivity contribution in [1.29, 1.82) is 0 Å². The molecule has 0 fully saturated rings. The van der Waals surface area contributed by atoms with Crippen LogP contribution in [0.3, 0.4) is 0 Å². The van der Waals surface area contributed by atoms with E-state index in [0.717, 1.165) is 33.8 Å². The molecule has 0 bridgehead atoms. The number of fused-ring (bicyclic) bond motifs is 4. The molecule has 3 nitrogen and oxygen atoms in total. The highest BCUT2D eigenvalue weighted by Gasteiger charge is 2.16. The zero-order valence-electron chi connectivity index (χ0n) is 18.5. The molecule has 0 saturated heterocycles. The van der Waals surface area contributed by atoms with Gasteiger partial charge >= 0.3 is 0 Å². The van der Waals surface area contributed by atoms with Crippen molar-refractivity contribution in [1.82, 2.24) is 14.0 Å². The van der Waals surface area contributed by atoms with E-state index in [9.17, 15) is 0 Å². The highest BCUT2D eigenvalue weighted by Crippen LogP contribution is 2.35. The Morgan fingerprint density at radius 3 is 1.82 bits per heavy atom. The molecule has 0 unspecified atom stereocenters. The quantitative estimate of drug-likeness (QED) is 0.278. The Morgan fingerprint density at radius 1 is 0.500 bits per heavy atom. The first-order valence-electron chi connectivity index (χ1n) is 11.5. The van der Waals surface area contributed by atoms with Gasteiger partial charge in [0.25, 0.3) is 0 Å². The summed E-state index contributed by atoms with van der Waals surface area (Å²) in [5.74, 6) is 0. The molecule has 3 aromatic heterocycles. The SMILES string of the molecule is c1ccc(-c2c(-c3ccc(-n4c5ccccc5c5ccccc54)cc3)nc3ccccn23)cc1. The summed E-state index contributed by atoms with van der Waals surface area (Å²) in [6.07, 6.45) is 2.08. The predicted molar refractivity (Wildman–Crippen MR) is 140 cm³/mol. The molecule has 160 valence electrons. The Morgan fingerprint density at radius 2 is 1.12 bits per heavy atom.